The summed E-state index contributed by atoms with van der Waals surface area (Å²) in [7, 11) is 0. The van der Waals surface area contributed by atoms with Gasteiger partial charge in [-0.1, -0.05) is 48.6 Å². The number of carbonyl (C=O) groups is 2. The van der Waals surface area contributed by atoms with Gasteiger partial charge in [-0.25, -0.2) is 4.79 Å². The Balaban J connectivity index is 1.64. The fraction of sp³-hybridized carbons (Fsp3) is 0.0769. The number of aliphatic hydroxyl groups excluding tert-OH is 1. The quantitative estimate of drug-likeness (QED) is 0.203. The Morgan fingerprint density at radius 3 is 2.56 bits per heavy atom. The molecule has 0 aliphatic carbocycles. The van der Waals surface area contributed by atoms with Crippen molar-refractivity contribution >= 4 is 51.0 Å². The zero-order valence-electron chi connectivity index (χ0n) is 17.8. The SMILES string of the molecule is O=C(O)c1sc(C(=O)c2c[nH]c3c(C=CCCO)cccc23)c(O)c1-c1c[nH]c2ccccc12. The Bertz CT molecular complexity index is 1590. The molecule has 5 aromatic rings. The van der Waals surface area contributed by atoms with Crippen molar-refractivity contribution in [3.05, 3.63) is 81.8 Å². The zero-order valence-corrected chi connectivity index (χ0v) is 18.6. The molecule has 5 N–H and O–H groups in total. The highest BCUT2D eigenvalue weighted by Gasteiger charge is 2.30. The number of aromatic amines is 2. The van der Waals surface area contributed by atoms with Crippen LogP contribution in [0.3, 0.4) is 0 Å². The number of carbonyl (C=O) groups excluding carboxylic acids is 1. The van der Waals surface area contributed by atoms with Gasteiger partial charge in [0.05, 0.1) is 11.1 Å². The molecule has 0 atom stereocenters. The molecule has 0 spiro atoms. The van der Waals surface area contributed by atoms with Gasteiger partial charge >= 0.3 is 5.97 Å². The van der Waals surface area contributed by atoms with Gasteiger partial charge < -0.3 is 25.3 Å². The van der Waals surface area contributed by atoms with Gasteiger partial charge in [0.15, 0.2) is 0 Å². The number of aromatic nitrogens is 2. The molecule has 5 rings (SSSR count). The molecule has 0 bridgehead atoms. The number of aliphatic hydroxyl groups is 1. The Morgan fingerprint density at radius 2 is 1.76 bits per heavy atom. The number of fused-ring (bicyclic) bond motifs is 2. The molecule has 3 heterocycles. The fourth-order valence-corrected chi connectivity index (χ4v) is 5.17. The van der Waals surface area contributed by atoms with Crippen LogP contribution in [0.15, 0.2) is 60.9 Å². The lowest BCUT2D eigenvalue weighted by molar-refractivity contribution is 0.0702. The molecular formula is C26H20N2O5S. The first-order chi connectivity index (χ1) is 16.5. The van der Waals surface area contributed by atoms with Gasteiger partial charge in [-0.05, 0) is 18.1 Å². The van der Waals surface area contributed by atoms with Gasteiger partial charge in [0, 0.05) is 46.4 Å². The van der Waals surface area contributed by atoms with E-state index in [2.05, 4.69) is 9.97 Å². The van der Waals surface area contributed by atoms with Crippen molar-refractivity contribution in [2.75, 3.05) is 6.61 Å². The molecule has 0 saturated heterocycles. The molecular weight excluding hydrogens is 452 g/mol. The summed E-state index contributed by atoms with van der Waals surface area (Å²) in [5.41, 5.74) is 3.39. The summed E-state index contributed by atoms with van der Waals surface area (Å²) in [6, 6.07) is 12.9. The topological polar surface area (TPSA) is 126 Å². The van der Waals surface area contributed by atoms with Crippen LogP contribution in [0, 0.1) is 0 Å². The van der Waals surface area contributed by atoms with Gasteiger partial charge in [0.25, 0.3) is 0 Å². The number of thiophene rings is 1. The van der Waals surface area contributed by atoms with Crippen molar-refractivity contribution in [1.82, 2.24) is 9.97 Å². The van der Waals surface area contributed by atoms with E-state index < -0.39 is 11.8 Å². The molecule has 170 valence electrons. The van der Waals surface area contributed by atoms with E-state index in [9.17, 15) is 19.8 Å². The minimum absolute atomic E-state index is 0.0280. The summed E-state index contributed by atoms with van der Waals surface area (Å²) in [6.07, 6.45) is 7.43. The number of para-hydroxylation sites is 2. The van der Waals surface area contributed by atoms with Crippen molar-refractivity contribution in [3.8, 4) is 16.9 Å². The van der Waals surface area contributed by atoms with E-state index in [0.717, 1.165) is 33.3 Å². The lowest BCUT2D eigenvalue weighted by Gasteiger charge is -2.02. The van der Waals surface area contributed by atoms with Gasteiger partial charge in [-0.3, -0.25) is 4.79 Å². The molecule has 3 aromatic heterocycles. The number of carboxylic acids is 1. The summed E-state index contributed by atoms with van der Waals surface area (Å²) in [6.45, 7) is 0.0449. The summed E-state index contributed by atoms with van der Waals surface area (Å²) in [5, 5.41) is 31.4. The lowest BCUT2D eigenvalue weighted by atomic mass is 10.0. The largest absolute Gasteiger partial charge is 0.506 e. The summed E-state index contributed by atoms with van der Waals surface area (Å²) < 4.78 is 0. The zero-order chi connectivity index (χ0) is 23.8. The maximum absolute atomic E-state index is 13.5. The van der Waals surface area contributed by atoms with Crippen LogP contribution in [-0.4, -0.2) is 43.6 Å². The van der Waals surface area contributed by atoms with Gasteiger partial charge in [0.2, 0.25) is 5.78 Å². The highest BCUT2D eigenvalue weighted by Crippen LogP contribution is 2.45. The predicted molar refractivity (Wildman–Crippen MR) is 133 cm³/mol. The molecule has 2 aromatic carbocycles. The third-order valence-electron chi connectivity index (χ3n) is 5.73. The average molecular weight is 473 g/mol. The molecule has 0 unspecified atom stereocenters. The number of hydrogen-bond donors (Lipinski definition) is 5. The lowest BCUT2D eigenvalue weighted by Crippen LogP contribution is -1.98. The van der Waals surface area contributed by atoms with E-state index in [1.54, 1.807) is 18.5 Å². The fourth-order valence-electron chi connectivity index (χ4n) is 4.17. The first-order valence-electron chi connectivity index (χ1n) is 10.6. The normalized spacial score (nSPS) is 11.7. The Morgan fingerprint density at radius 1 is 0.971 bits per heavy atom. The number of carboxylic acid groups (broad SMARTS) is 1. The Hall–Kier alpha value is -4.14. The van der Waals surface area contributed by atoms with Crippen LogP contribution in [0.1, 0.15) is 36.9 Å². The Kier molecular flexibility index (Phi) is 5.53. The third kappa shape index (κ3) is 3.49. The molecule has 34 heavy (non-hydrogen) atoms. The van der Waals surface area contributed by atoms with Crippen LogP contribution in [0.4, 0.5) is 0 Å². The number of benzene rings is 2. The third-order valence-corrected chi connectivity index (χ3v) is 6.89. The van der Waals surface area contributed by atoms with Gasteiger partial charge in [-0.15, -0.1) is 11.3 Å². The first-order valence-corrected chi connectivity index (χ1v) is 11.4. The van der Waals surface area contributed by atoms with Crippen LogP contribution < -0.4 is 0 Å². The molecule has 0 fully saturated rings. The van der Waals surface area contributed by atoms with Crippen molar-refractivity contribution in [2.24, 2.45) is 0 Å². The molecule has 0 aliphatic rings. The van der Waals surface area contributed by atoms with Gasteiger partial charge in [0.1, 0.15) is 15.5 Å². The van der Waals surface area contributed by atoms with E-state index in [-0.39, 0.29) is 27.7 Å². The number of rotatable bonds is 7. The number of aromatic hydroxyl groups is 1. The maximum atomic E-state index is 13.5. The molecule has 0 radical (unpaired) electrons. The van der Waals surface area contributed by atoms with Crippen LogP contribution >= 0.6 is 11.3 Å². The van der Waals surface area contributed by atoms with Crippen LogP contribution in [-0.2, 0) is 0 Å². The second kappa shape index (κ2) is 8.66. The van der Waals surface area contributed by atoms with Crippen LogP contribution in [0.25, 0.3) is 39.0 Å². The monoisotopic (exact) mass is 472 g/mol. The van der Waals surface area contributed by atoms with Crippen molar-refractivity contribution < 1.29 is 24.9 Å². The minimum Gasteiger partial charge on any atom is -0.506 e. The number of ketones is 1. The molecule has 0 saturated carbocycles. The summed E-state index contributed by atoms with van der Waals surface area (Å²) >= 11 is 0.768. The maximum Gasteiger partial charge on any atom is 0.346 e. The van der Waals surface area contributed by atoms with E-state index in [4.69, 9.17) is 5.11 Å². The minimum atomic E-state index is -1.21. The molecule has 8 heteroatoms. The van der Waals surface area contributed by atoms with E-state index in [1.807, 2.05) is 48.6 Å². The second-order valence-corrected chi connectivity index (χ2v) is 8.77. The van der Waals surface area contributed by atoms with Crippen LogP contribution in [0.5, 0.6) is 5.75 Å². The first kappa shape index (κ1) is 21.7. The predicted octanol–water partition coefficient (Wildman–Crippen LogP) is 5.41. The number of nitrogens with one attached hydrogen (secondary N) is 2. The number of aromatic carboxylic acids is 1. The van der Waals surface area contributed by atoms with E-state index in [0.29, 0.717) is 22.9 Å². The smallest absolute Gasteiger partial charge is 0.346 e. The van der Waals surface area contributed by atoms with Crippen molar-refractivity contribution in [1.29, 1.82) is 0 Å². The standard InChI is InChI=1S/C26H20N2O5S/c29-11-4-3-6-14-7-5-9-16-18(13-28-21(14)16)22(30)25-23(31)20(24(34-25)26(32)33)17-12-27-19-10-2-1-8-15(17)19/h1-3,5-10,12-13,27-29,31H,4,11H2,(H,32,33). The number of hydrogen-bond acceptors (Lipinski definition) is 5. The molecule has 7 nitrogen and oxygen atoms in total. The summed E-state index contributed by atoms with van der Waals surface area (Å²) in [4.78, 5) is 31.6. The highest BCUT2D eigenvalue weighted by molar-refractivity contribution is 7.17. The second-order valence-electron chi connectivity index (χ2n) is 7.75. The Labute approximate surface area is 197 Å². The van der Waals surface area contributed by atoms with E-state index in [1.165, 1.54) is 0 Å². The van der Waals surface area contributed by atoms with Crippen molar-refractivity contribution in [3.63, 3.8) is 0 Å². The molecule has 0 amide bonds. The highest BCUT2D eigenvalue weighted by atomic mass is 32.1. The average Bonchev–Trinajstić information content (AvgIpc) is 3.54. The van der Waals surface area contributed by atoms with Gasteiger partial charge in [-0.2, -0.15) is 0 Å². The number of H-pyrrole nitrogens is 2. The van der Waals surface area contributed by atoms with Crippen molar-refractivity contribution in [2.45, 2.75) is 6.42 Å². The molecule has 0 aliphatic heterocycles. The van der Waals surface area contributed by atoms with Crippen LogP contribution in [0.2, 0.25) is 0 Å². The summed E-state index contributed by atoms with van der Waals surface area (Å²) in [5.74, 6) is -2.01. The van der Waals surface area contributed by atoms with E-state index >= 15 is 0 Å².